The molecule has 2 N–H and O–H groups in total. The van der Waals surface area contributed by atoms with Gasteiger partial charge in [0.2, 0.25) is 0 Å². The predicted octanol–water partition coefficient (Wildman–Crippen LogP) is 2.91. The summed E-state index contributed by atoms with van der Waals surface area (Å²) in [6.45, 7) is 3.47. The van der Waals surface area contributed by atoms with E-state index >= 15 is 0 Å². The Bertz CT molecular complexity index is 539. The van der Waals surface area contributed by atoms with E-state index in [0.29, 0.717) is 11.7 Å². The molecule has 0 spiro atoms. The van der Waals surface area contributed by atoms with Crippen molar-refractivity contribution in [2.75, 3.05) is 7.05 Å². The molecule has 2 aromatic rings. The van der Waals surface area contributed by atoms with Crippen LogP contribution in [0.1, 0.15) is 16.7 Å². The SMILES string of the molecule is CN=C(NCc1ccc(C)cc1)NCc1ccc(Cl)nc1. The van der Waals surface area contributed by atoms with E-state index in [1.165, 1.54) is 11.1 Å². The second-order valence-electron chi connectivity index (χ2n) is 4.75. The minimum atomic E-state index is 0.501. The summed E-state index contributed by atoms with van der Waals surface area (Å²) in [6.07, 6.45) is 1.75. The van der Waals surface area contributed by atoms with Gasteiger partial charge in [-0.1, -0.05) is 47.5 Å². The Labute approximate surface area is 130 Å². The highest BCUT2D eigenvalue weighted by Crippen LogP contribution is 2.05. The average Bonchev–Trinajstić information content (AvgIpc) is 2.51. The van der Waals surface area contributed by atoms with Crippen LogP contribution in [0.5, 0.6) is 0 Å². The first-order chi connectivity index (χ1) is 10.2. The first kappa shape index (κ1) is 15.3. The summed E-state index contributed by atoms with van der Waals surface area (Å²) in [7, 11) is 1.75. The number of rotatable bonds is 4. The zero-order chi connectivity index (χ0) is 15.1. The van der Waals surface area contributed by atoms with E-state index in [-0.39, 0.29) is 0 Å². The molecule has 0 bridgehead atoms. The highest BCUT2D eigenvalue weighted by atomic mass is 35.5. The van der Waals surface area contributed by atoms with Crippen LogP contribution in [0.2, 0.25) is 5.15 Å². The van der Waals surface area contributed by atoms with Gasteiger partial charge in [0.1, 0.15) is 5.15 Å². The second kappa shape index (κ2) is 7.64. The van der Waals surface area contributed by atoms with Gasteiger partial charge in [0.05, 0.1) is 0 Å². The van der Waals surface area contributed by atoms with Gasteiger partial charge in [-0.05, 0) is 24.1 Å². The predicted molar refractivity (Wildman–Crippen MR) is 87.5 cm³/mol. The van der Waals surface area contributed by atoms with E-state index in [2.05, 4.69) is 51.8 Å². The van der Waals surface area contributed by atoms with E-state index in [9.17, 15) is 0 Å². The Morgan fingerprint density at radius 1 is 1.05 bits per heavy atom. The summed E-state index contributed by atoms with van der Waals surface area (Å²) in [5.74, 6) is 0.755. The van der Waals surface area contributed by atoms with Crippen LogP contribution in [-0.4, -0.2) is 18.0 Å². The Balaban J connectivity index is 1.83. The van der Waals surface area contributed by atoms with Crippen LogP contribution in [0.15, 0.2) is 47.6 Å². The maximum atomic E-state index is 5.76. The van der Waals surface area contributed by atoms with Gasteiger partial charge in [-0.25, -0.2) is 4.98 Å². The Morgan fingerprint density at radius 2 is 1.67 bits per heavy atom. The molecule has 0 unspecified atom stereocenters. The lowest BCUT2D eigenvalue weighted by atomic mass is 10.1. The van der Waals surface area contributed by atoms with Gasteiger partial charge in [-0.2, -0.15) is 0 Å². The van der Waals surface area contributed by atoms with E-state index in [4.69, 9.17) is 11.6 Å². The number of aryl methyl sites for hydroxylation is 1. The second-order valence-corrected chi connectivity index (χ2v) is 5.14. The van der Waals surface area contributed by atoms with Crippen LogP contribution in [0, 0.1) is 6.92 Å². The quantitative estimate of drug-likeness (QED) is 0.519. The van der Waals surface area contributed by atoms with Gasteiger partial charge in [-0.15, -0.1) is 0 Å². The molecule has 1 heterocycles. The van der Waals surface area contributed by atoms with Crippen molar-refractivity contribution in [2.24, 2.45) is 4.99 Å². The molecule has 1 aromatic heterocycles. The molecule has 0 atom stereocenters. The van der Waals surface area contributed by atoms with Gasteiger partial charge in [0, 0.05) is 26.3 Å². The number of nitrogens with zero attached hydrogens (tertiary/aromatic N) is 2. The van der Waals surface area contributed by atoms with Crippen molar-refractivity contribution in [3.63, 3.8) is 0 Å². The van der Waals surface area contributed by atoms with Crippen molar-refractivity contribution in [2.45, 2.75) is 20.0 Å². The molecule has 0 fully saturated rings. The van der Waals surface area contributed by atoms with Gasteiger partial charge in [0.15, 0.2) is 5.96 Å². The smallest absolute Gasteiger partial charge is 0.191 e. The molecule has 0 saturated heterocycles. The lowest BCUT2D eigenvalue weighted by Crippen LogP contribution is -2.36. The molecule has 0 saturated carbocycles. The topological polar surface area (TPSA) is 49.3 Å². The van der Waals surface area contributed by atoms with Crippen molar-refractivity contribution in [3.05, 3.63) is 64.4 Å². The number of aliphatic imine (C=N–C) groups is 1. The lowest BCUT2D eigenvalue weighted by Gasteiger charge is -2.12. The van der Waals surface area contributed by atoms with Crippen LogP contribution in [0.3, 0.4) is 0 Å². The highest BCUT2D eigenvalue weighted by Gasteiger charge is 1.99. The van der Waals surface area contributed by atoms with Crippen LogP contribution in [0.4, 0.5) is 0 Å². The summed E-state index contributed by atoms with van der Waals surface area (Å²) >= 11 is 5.76. The Hall–Kier alpha value is -2.07. The van der Waals surface area contributed by atoms with Crippen molar-refractivity contribution in [3.8, 4) is 0 Å². The van der Waals surface area contributed by atoms with Gasteiger partial charge in [0.25, 0.3) is 0 Å². The average molecular weight is 303 g/mol. The zero-order valence-electron chi connectivity index (χ0n) is 12.2. The summed E-state index contributed by atoms with van der Waals surface area (Å²) in [6, 6.07) is 12.1. The normalized spacial score (nSPS) is 11.3. The largest absolute Gasteiger partial charge is 0.352 e. The number of guanidine groups is 1. The van der Waals surface area contributed by atoms with Gasteiger partial charge >= 0.3 is 0 Å². The number of halogens is 1. The lowest BCUT2D eigenvalue weighted by molar-refractivity contribution is 0.806. The first-order valence-electron chi connectivity index (χ1n) is 6.78. The minimum absolute atomic E-state index is 0.501. The molecule has 0 aliphatic heterocycles. The minimum Gasteiger partial charge on any atom is -0.352 e. The fourth-order valence-corrected chi connectivity index (χ4v) is 1.92. The molecule has 5 heteroatoms. The first-order valence-corrected chi connectivity index (χ1v) is 7.15. The van der Waals surface area contributed by atoms with E-state index in [1.54, 1.807) is 19.3 Å². The molecular formula is C16H19ClN4. The Kier molecular flexibility index (Phi) is 5.58. The van der Waals surface area contributed by atoms with Crippen molar-refractivity contribution in [1.29, 1.82) is 0 Å². The third-order valence-corrected chi connectivity index (χ3v) is 3.28. The van der Waals surface area contributed by atoms with E-state index in [1.807, 2.05) is 6.07 Å². The molecule has 0 radical (unpaired) electrons. The summed E-state index contributed by atoms with van der Waals surface area (Å²) in [5, 5.41) is 7.02. The maximum Gasteiger partial charge on any atom is 0.191 e. The molecule has 1 aromatic carbocycles. The van der Waals surface area contributed by atoms with Gasteiger partial charge in [-0.3, -0.25) is 4.99 Å². The van der Waals surface area contributed by atoms with Crippen molar-refractivity contribution in [1.82, 2.24) is 15.6 Å². The maximum absolute atomic E-state index is 5.76. The number of benzene rings is 1. The molecule has 0 amide bonds. The number of nitrogens with one attached hydrogen (secondary N) is 2. The fraction of sp³-hybridized carbons (Fsp3) is 0.250. The van der Waals surface area contributed by atoms with Gasteiger partial charge < -0.3 is 10.6 Å². The number of aromatic nitrogens is 1. The van der Waals surface area contributed by atoms with Crippen LogP contribution >= 0.6 is 11.6 Å². The molecule has 110 valence electrons. The zero-order valence-corrected chi connectivity index (χ0v) is 13.0. The van der Waals surface area contributed by atoms with Crippen LogP contribution in [0.25, 0.3) is 0 Å². The number of hydrogen-bond acceptors (Lipinski definition) is 2. The molecular weight excluding hydrogens is 284 g/mol. The monoisotopic (exact) mass is 302 g/mol. The summed E-state index contributed by atoms with van der Waals surface area (Å²) < 4.78 is 0. The third-order valence-electron chi connectivity index (χ3n) is 3.05. The molecule has 21 heavy (non-hydrogen) atoms. The fourth-order valence-electron chi connectivity index (χ4n) is 1.81. The molecule has 4 nitrogen and oxygen atoms in total. The molecule has 0 aliphatic carbocycles. The van der Waals surface area contributed by atoms with E-state index in [0.717, 1.165) is 18.1 Å². The number of pyridine rings is 1. The Morgan fingerprint density at radius 3 is 2.24 bits per heavy atom. The van der Waals surface area contributed by atoms with Crippen LogP contribution < -0.4 is 10.6 Å². The standard InChI is InChI=1S/C16H19ClN4/c1-12-3-5-13(6-4-12)9-20-16(18-2)21-11-14-7-8-15(17)19-10-14/h3-8,10H,9,11H2,1-2H3,(H2,18,20,21). The summed E-state index contributed by atoms with van der Waals surface area (Å²) in [4.78, 5) is 8.25. The van der Waals surface area contributed by atoms with E-state index < -0.39 is 0 Å². The van der Waals surface area contributed by atoms with Crippen molar-refractivity contribution >= 4 is 17.6 Å². The number of hydrogen-bond donors (Lipinski definition) is 2. The molecule has 2 rings (SSSR count). The molecule has 0 aliphatic rings. The van der Waals surface area contributed by atoms with Crippen molar-refractivity contribution < 1.29 is 0 Å². The van der Waals surface area contributed by atoms with Crippen LogP contribution in [-0.2, 0) is 13.1 Å². The highest BCUT2D eigenvalue weighted by molar-refractivity contribution is 6.29. The third kappa shape index (κ3) is 5.08. The summed E-state index contributed by atoms with van der Waals surface area (Å²) in [5.41, 5.74) is 3.53.